The number of diazo groups is 1. The fourth-order valence-electron chi connectivity index (χ4n) is 1.95. The Kier molecular flexibility index (Phi) is 9.62. The molecule has 0 heterocycles. The molecule has 0 aliphatic heterocycles. The molecule has 0 aliphatic rings. The molecule has 1 rings (SSSR count). The van der Waals surface area contributed by atoms with Crippen LogP contribution >= 0.6 is 0 Å². The molecule has 0 fully saturated rings. The van der Waals surface area contributed by atoms with E-state index >= 15 is 0 Å². The highest BCUT2D eigenvalue weighted by molar-refractivity contribution is 5.69. The molecule has 1 aromatic carbocycles. The summed E-state index contributed by atoms with van der Waals surface area (Å²) < 4.78 is 17.3. The van der Waals surface area contributed by atoms with Crippen LogP contribution in [0.25, 0.3) is 4.98 Å². The number of hydrogen-bond acceptors (Lipinski definition) is 4. The molecule has 0 saturated heterocycles. The average molecular weight is 321 g/mol. The Bertz CT molecular complexity index is 467. The quantitative estimate of drug-likeness (QED) is 0.365. The SMILES string of the molecule is CCCCOc1cc(OCCCC)c([N+]#N)c(OCCCC)c1. The molecule has 5 heteroatoms. The maximum absolute atomic E-state index is 9.34. The minimum absolute atomic E-state index is 0.333. The van der Waals surface area contributed by atoms with Gasteiger partial charge in [-0.25, -0.2) is 0 Å². The van der Waals surface area contributed by atoms with Crippen LogP contribution in [0.15, 0.2) is 12.1 Å². The lowest BCUT2D eigenvalue weighted by Crippen LogP contribution is -2.02. The summed E-state index contributed by atoms with van der Waals surface area (Å²) >= 11 is 0. The average Bonchev–Trinajstić information content (AvgIpc) is 2.55. The predicted octanol–water partition coefficient (Wildman–Crippen LogP) is 5.71. The molecule has 1 aromatic rings. The fourth-order valence-corrected chi connectivity index (χ4v) is 1.95. The first-order valence-electron chi connectivity index (χ1n) is 8.68. The smallest absolute Gasteiger partial charge is 0.467 e. The van der Waals surface area contributed by atoms with Crippen LogP contribution in [0.2, 0.25) is 0 Å². The predicted molar refractivity (Wildman–Crippen MR) is 92.4 cm³/mol. The highest BCUT2D eigenvalue weighted by Gasteiger charge is 2.25. The largest absolute Gasteiger partial charge is 0.493 e. The standard InChI is InChI=1S/C18H29N2O3/c1-4-7-10-21-15-13-16(22-11-8-5-2)18(20-19)17(14-15)23-12-9-6-3/h13-14H,4-12H2,1-3H3/q+1. The summed E-state index contributed by atoms with van der Waals surface area (Å²) in [5.41, 5.74) is 0.333. The molecule has 0 atom stereocenters. The highest BCUT2D eigenvalue weighted by atomic mass is 16.5. The maximum atomic E-state index is 9.34. The minimum atomic E-state index is 0.333. The van der Waals surface area contributed by atoms with Gasteiger partial charge in [0.15, 0.2) is 4.98 Å². The van der Waals surface area contributed by atoms with E-state index in [1.807, 2.05) is 0 Å². The second kappa shape index (κ2) is 11.6. The zero-order valence-electron chi connectivity index (χ0n) is 14.6. The van der Waals surface area contributed by atoms with Crippen LogP contribution in [0.1, 0.15) is 59.3 Å². The van der Waals surface area contributed by atoms with Crippen molar-refractivity contribution < 1.29 is 14.2 Å². The number of hydrogen-bond donors (Lipinski definition) is 0. The van der Waals surface area contributed by atoms with Crippen molar-refractivity contribution in [1.82, 2.24) is 0 Å². The van der Waals surface area contributed by atoms with E-state index in [1.54, 1.807) is 12.1 Å². The van der Waals surface area contributed by atoms with Gasteiger partial charge in [0.2, 0.25) is 16.9 Å². The normalized spacial score (nSPS) is 10.2. The van der Waals surface area contributed by atoms with Crippen LogP contribution in [0.3, 0.4) is 0 Å². The van der Waals surface area contributed by atoms with Crippen LogP contribution in [-0.2, 0) is 0 Å². The molecule has 0 unspecified atom stereocenters. The van der Waals surface area contributed by atoms with Crippen LogP contribution in [-0.4, -0.2) is 19.8 Å². The summed E-state index contributed by atoms with van der Waals surface area (Å²) in [4.78, 5) is 3.36. The molecule has 0 spiro atoms. The topological polar surface area (TPSA) is 55.8 Å². The van der Waals surface area contributed by atoms with Crippen molar-refractivity contribution in [2.45, 2.75) is 59.3 Å². The molecular weight excluding hydrogens is 292 g/mol. The van der Waals surface area contributed by atoms with Gasteiger partial charge in [-0.1, -0.05) is 40.0 Å². The molecule has 0 radical (unpaired) electrons. The van der Waals surface area contributed by atoms with Crippen molar-refractivity contribution >= 4 is 5.69 Å². The Labute approximate surface area is 139 Å². The van der Waals surface area contributed by atoms with Crippen molar-refractivity contribution in [3.8, 4) is 17.2 Å². The summed E-state index contributed by atoms with van der Waals surface area (Å²) in [5.74, 6) is 1.69. The first-order valence-corrected chi connectivity index (χ1v) is 8.68. The zero-order valence-corrected chi connectivity index (χ0v) is 14.6. The number of benzene rings is 1. The van der Waals surface area contributed by atoms with Crippen molar-refractivity contribution in [2.75, 3.05) is 19.8 Å². The summed E-state index contributed by atoms with van der Waals surface area (Å²) in [5, 5.41) is 9.34. The molecule has 23 heavy (non-hydrogen) atoms. The first kappa shape index (κ1) is 19.1. The summed E-state index contributed by atoms with van der Waals surface area (Å²) in [6, 6.07) is 3.54. The first-order chi connectivity index (χ1) is 11.3. The van der Waals surface area contributed by atoms with Gasteiger partial charge in [-0.2, -0.15) is 0 Å². The van der Waals surface area contributed by atoms with Crippen molar-refractivity contribution in [1.29, 1.82) is 5.39 Å². The molecule has 0 saturated carbocycles. The molecule has 0 aromatic heterocycles. The maximum Gasteiger partial charge on any atom is 0.467 e. The van der Waals surface area contributed by atoms with Crippen LogP contribution < -0.4 is 14.2 Å². The Morgan fingerprint density at radius 2 is 1.22 bits per heavy atom. The third-order valence-electron chi connectivity index (χ3n) is 3.39. The summed E-state index contributed by atoms with van der Waals surface area (Å²) in [6.07, 6.45) is 6.03. The number of ether oxygens (including phenoxy) is 3. The van der Waals surface area contributed by atoms with E-state index < -0.39 is 0 Å². The van der Waals surface area contributed by atoms with Gasteiger partial charge in [-0.15, -0.1) is 0 Å². The van der Waals surface area contributed by atoms with Gasteiger partial charge in [0.05, 0.1) is 19.8 Å². The van der Waals surface area contributed by atoms with E-state index in [-0.39, 0.29) is 0 Å². The molecule has 0 amide bonds. The van der Waals surface area contributed by atoms with E-state index in [9.17, 15) is 5.39 Å². The lowest BCUT2D eigenvalue weighted by Gasteiger charge is -2.11. The van der Waals surface area contributed by atoms with E-state index in [2.05, 4.69) is 25.7 Å². The second-order valence-corrected chi connectivity index (χ2v) is 5.47. The van der Waals surface area contributed by atoms with Gasteiger partial charge >= 0.3 is 5.69 Å². The third-order valence-corrected chi connectivity index (χ3v) is 3.39. The van der Waals surface area contributed by atoms with Gasteiger partial charge in [-0.3, -0.25) is 0 Å². The summed E-state index contributed by atoms with van der Waals surface area (Å²) in [6.45, 7) is 8.12. The van der Waals surface area contributed by atoms with E-state index in [1.165, 1.54) is 0 Å². The molecule has 128 valence electrons. The Morgan fingerprint density at radius 3 is 1.61 bits per heavy atom. The number of unbranched alkanes of at least 4 members (excludes halogenated alkanes) is 3. The number of nitrogens with zero attached hydrogens (tertiary/aromatic N) is 2. The highest BCUT2D eigenvalue weighted by Crippen LogP contribution is 2.41. The van der Waals surface area contributed by atoms with Crippen molar-refractivity contribution in [2.24, 2.45) is 0 Å². The monoisotopic (exact) mass is 321 g/mol. The number of rotatable bonds is 12. The minimum Gasteiger partial charge on any atom is -0.493 e. The molecule has 0 aliphatic carbocycles. The fraction of sp³-hybridized carbons (Fsp3) is 0.667. The van der Waals surface area contributed by atoms with Gasteiger partial charge in [0.25, 0.3) is 0 Å². The van der Waals surface area contributed by atoms with Gasteiger partial charge in [-0.05, 0) is 19.3 Å². The molecule has 5 nitrogen and oxygen atoms in total. The van der Waals surface area contributed by atoms with Crippen LogP contribution in [0.4, 0.5) is 5.69 Å². The van der Waals surface area contributed by atoms with Gasteiger partial charge in [0, 0.05) is 12.1 Å². The van der Waals surface area contributed by atoms with E-state index in [0.29, 0.717) is 42.8 Å². The van der Waals surface area contributed by atoms with E-state index in [4.69, 9.17) is 14.2 Å². The van der Waals surface area contributed by atoms with Crippen LogP contribution in [0, 0.1) is 5.39 Å². The lowest BCUT2D eigenvalue weighted by atomic mass is 10.2. The second-order valence-electron chi connectivity index (χ2n) is 5.47. The Morgan fingerprint density at radius 1 is 0.783 bits per heavy atom. The third kappa shape index (κ3) is 6.77. The van der Waals surface area contributed by atoms with Gasteiger partial charge in [0.1, 0.15) is 5.75 Å². The molecular formula is C18H29N2O3+. The Balaban J connectivity index is 2.95. The lowest BCUT2D eigenvalue weighted by molar-refractivity contribution is 0.282. The molecule has 0 N–H and O–H groups in total. The summed E-state index contributed by atoms with van der Waals surface area (Å²) in [7, 11) is 0. The van der Waals surface area contributed by atoms with E-state index in [0.717, 1.165) is 38.5 Å². The van der Waals surface area contributed by atoms with Crippen molar-refractivity contribution in [3.63, 3.8) is 0 Å². The van der Waals surface area contributed by atoms with Crippen molar-refractivity contribution in [3.05, 3.63) is 17.1 Å². The zero-order chi connectivity index (χ0) is 16.9. The Hall–Kier alpha value is -1.96. The molecule has 0 bridgehead atoms. The van der Waals surface area contributed by atoms with Gasteiger partial charge < -0.3 is 14.2 Å². The van der Waals surface area contributed by atoms with Crippen LogP contribution in [0.5, 0.6) is 17.2 Å².